The van der Waals surface area contributed by atoms with Gasteiger partial charge in [-0.05, 0) is 11.4 Å². The summed E-state index contributed by atoms with van der Waals surface area (Å²) < 4.78 is 5.07. The van der Waals surface area contributed by atoms with Crippen molar-refractivity contribution in [2.75, 3.05) is 6.61 Å². The topological polar surface area (TPSA) is 69.4 Å². The molecule has 0 aliphatic carbocycles. The minimum Gasteiger partial charge on any atom is -0.462 e. The van der Waals surface area contributed by atoms with Crippen LogP contribution in [-0.2, 0) is 11.2 Å². The van der Waals surface area contributed by atoms with Crippen molar-refractivity contribution in [3.8, 4) is 0 Å². The van der Waals surface area contributed by atoms with Gasteiger partial charge in [-0.25, -0.2) is 4.79 Å². The van der Waals surface area contributed by atoms with E-state index >= 15 is 0 Å². The number of carbonyl (C=O) groups excluding carboxylic acids is 1. The van der Waals surface area contributed by atoms with Gasteiger partial charge in [0.1, 0.15) is 0 Å². The van der Waals surface area contributed by atoms with E-state index in [-0.39, 0.29) is 27.9 Å². The number of nitro groups is 1. The smallest absolute Gasteiger partial charge is 0.339 e. The first-order chi connectivity index (χ1) is 9.99. The Kier molecular flexibility index (Phi) is 5.17. The van der Waals surface area contributed by atoms with E-state index in [1.807, 2.05) is 17.5 Å². The molecule has 0 fully saturated rings. The average molecular weight is 346 g/mol. The van der Waals surface area contributed by atoms with Crippen molar-refractivity contribution in [2.45, 2.75) is 6.42 Å². The molecule has 0 aliphatic rings. The van der Waals surface area contributed by atoms with Gasteiger partial charge in [0.25, 0.3) is 5.69 Å². The zero-order valence-corrected chi connectivity index (χ0v) is 12.9. The van der Waals surface area contributed by atoms with Crippen LogP contribution >= 0.6 is 34.5 Å². The molecule has 8 heteroatoms. The largest absolute Gasteiger partial charge is 0.462 e. The van der Waals surface area contributed by atoms with Crippen molar-refractivity contribution in [3.05, 3.63) is 60.2 Å². The maximum absolute atomic E-state index is 11.9. The van der Waals surface area contributed by atoms with Crippen molar-refractivity contribution in [2.24, 2.45) is 0 Å². The Bertz CT molecular complexity index is 673. The highest BCUT2D eigenvalue weighted by Gasteiger charge is 2.20. The normalized spacial score (nSPS) is 10.4. The molecule has 5 nitrogen and oxygen atoms in total. The Labute approximate surface area is 134 Å². The Morgan fingerprint density at radius 3 is 2.76 bits per heavy atom. The number of esters is 1. The average Bonchev–Trinajstić information content (AvgIpc) is 2.94. The number of non-ortho nitro benzene ring substituents is 1. The summed E-state index contributed by atoms with van der Waals surface area (Å²) in [7, 11) is 0. The number of hydrogen-bond acceptors (Lipinski definition) is 5. The van der Waals surface area contributed by atoms with Crippen LogP contribution in [0.25, 0.3) is 0 Å². The van der Waals surface area contributed by atoms with E-state index in [0.717, 1.165) is 17.0 Å². The molecule has 2 aromatic rings. The predicted octanol–water partition coefficient (Wildman–Crippen LogP) is 4.36. The second-order valence-corrected chi connectivity index (χ2v) is 5.83. The van der Waals surface area contributed by atoms with Gasteiger partial charge in [-0.1, -0.05) is 29.3 Å². The van der Waals surface area contributed by atoms with Gasteiger partial charge in [-0.3, -0.25) is 10.1 Å². The number of nitro benzene ring substituents is 1. The summed E-state index contributed by atoms with van der Waals surface area (Å²) in [5, 5.41) is 12.6. The van der Waals surface area contributed by atoms with Gasteiger partial charge >= 0.3 is 5.97 Å². The number of thiophene rings is 1. The second-order valence-electron chi connectivity index (χ2n) is 4.01. The molecule has 110 valence electrons. The third-order valence-electron chi connectivity index (χ3n) is 2.61. The lowest BCUT2D eigenvalue weighted by Gasteiger charge is -2.07. The molecular weight excluding hydrogens is 337 g/mol. The second kappa shape index (κ2) is 6.89. The highest BCUT2D eigenvalue weighted by atomic mass is 35.5. The lowest BCUT2D eigenvalue weighted by atomic mass is 10.2. The van der Waals surface area contributed by atoms with Gasteiger partial charge in [-0.2, -0.15) is 0 Å². The molecule has 0 radical (unpaired) electrons. The van der Waals surface area contributed by atoms with Crippen LogP contribution in [0.4, 0.5) is 5.69 Å². The maximum atomic E-state index is 11.9. The fourth-order valence-corrected chi connectivity index (χ4v) is 2.70. The minimum absolute atomic E-state index is 0.0524. The van der Waals surface area contributed by atoms with Crippen LogP contribution in [0.15, 0.2) is 29.6 Å². The molecule has 0 aliphatic heterocycles. The number of hydrogen-bond donors (Lipinski definition) is 0. The fourth-order valence-electron chi connectivity index (χ4n) is 1.61. The quantitative estimate of drug-likeness (QED) is 0.458. The Hall–Kier alpha value is -1.63. The van der Waals surface area contributed by atoms with Crippen molar-refractivity contribution in [1.29, 1.82) is 0 Å². The van der Waals surface area contributed by atoms with Gasteiger partial charge in [0.2, 0.25) is 0 Å². The zero-order valence-electron chi connectivity index (χ0n) is 10.5. The molecule has 0 amide bonds. The molecule has 0 unspecified atom stereocenters. The molecule has 1 heterocycles. The van der Waals surface area contributed by atoms with Crippen molar-refractivity contribution in [1.82, 2.24) is 0 Å². The monoisotopic (exact) mass is 345 g/mol. The van der Waals surface area contributed by atoms with Gasteiger partial charge in [-0.15, -0.1) is 11.3 Å². The van der Waals surface area contributed by atoms with E-state index in [9.17, 15) is 14.9 Å². The van der Waals surface area contributed by atoms with Gasteiger partial charge < -0.3 is 4.74 Å². The molecule has 2 rings (SSSR count). The predicted molar refractivity (Wildman–Crippen MR) is 81.4 cm³/mol. The van der Waals surface area contributed by atoms with Gasteiger partial charge in [0, 0.05) is 23.4 Å². The van der Waals surface area contributed by atoms with E-state index in [0.29, 0.717) is 6.42 Å². The summed E-state index contributed by atoms with van der Waals surface area (Å²) >= 11 is 13.2. The first-order valence-electron chi connectivity index (χ1n) is 5.82. The van der Waals surface area contributed by atoms with E-state index in [2.05, 4.69) is 0 Å². The van der Waals surface area contributed by atoms with Crippen LogP contribution in [0.1, 0.15) is 15.2 Å². The third kappa shape index (κ3) is 3.93. The molecule has 1 aromatic carbocycles. The highest BCUT2D eigenvalue weighted by molar-refractivity contribution is 7.09. The van der Waals surface area contributed by atoms with Crippen LogP contribution in [0.5, 0.6) is 0 Å². The molecule has 0 spiro atoms. The van der Waals surface area contributed by atoms with Gasteiger partial charge in [0.05, 0.1) is 27.1 Å². The van der Waals surface area contributed by atoms with E-state index in [4.69, 9.17) is 27.9 Å². The van der Waals surface area contributed by atoms with Crippen molar-refractivity contribution in [3.63, 3.8) is 0 Å². The summed E-state index contributed by atoms with van der Waals surface area (Å²) in [6.45, 7) is 0.163. The maximum Gasteiger partial charge on any atom is 0.339 e. The molecule has 21 heavy (non-hydrogen) atoms. The molecule has 0 saturated carbocycles. The molecular formula is C13H9Cl2NO4S. The third-order valence-corrected chi connectivity index (χ3v) is 4.34. The van der Waals surface area contributed by atoms with Crippen LogP contribution in [0, 0.1) is 10.1 Å². The lowest BCUT2D eigenvalue weighted by Crippen LogP contribution is -2.09. The van der Waals surface area contributed by atoms with Crippen molar-refractivity contribution >= 4 is 46.2 Å². The highest BCUT2D eigenvalue weighted by Crippen LogP contribution is 2.31. The number of carbonyl (C=O) groups is 1. The zero-order chi connectivity index (χ0) is 15.4. The summed E-state index contributed by atoms with van der Waals surface area (Å²) in [6.07, 6.45) is 0.573. The molecule has 0 bridgehead atoms. The van der Waals surface area contributed by atoms with E-state index < -0.39 is 10.9 Å². The van der Waals surface area contributed by atoms with Gasteiger partial charge in [0.15, 0.2) is 0 Å². The van der Waals surface area contributed by atoms with Crippen LogP contribution in [-0.4, -0.2) is 17.5 Å². The number of rotatable bonds is 5. The summed E-state index contributed by atoms with van der Waals surface area (Å²) in [4.78, 5) is 23.1. The molecule has 0 N–H and O–H groups in total. The van der Waals surface area contributed by atoms with Crippen LogP contribution in [0.3, 0.4) is 0 Å². The van der Waals surface area contributed by atoms with Crippen LogP contribution in [0.2, 0.25) is 10.0 Å². The summed E-state index contributed by atoms with van der Waals surface area (Å²) in [5.74, 6) is -0.734. The fraction of sp³-hybridized carbons (Fsp3) is 0.154. The Morgan fingerprint density at radius 2 is 2.14 bits per heavy atom. The number of ether oxygens (including phenoxy) is 1. The first-order valence-corrected chi connectivity index (χ1v) is 7.45. The van der Waals surface area contributed by atoms with E-state index in [1.54, 1.807) is 11.3 Å². The molecule has 0 atom stereocenters. The summed E-state index contributed by atoms with van der Waals surface area (Å²) in [6, 6.07) is 5.97. The number of benzene rings is 1. The standard InChI is InChI=1S/C13H9Cl2NO4S/c14-11-7-8(16(18)19)6-10(12(11)15)13(17)20-4-3-9-2-1-5-21-9/h1-2,5-7H,3-4H2. The number of nitrogens with zero attached hydrogens (tertiary/aromatic N) is 1. The summed E-state index contributed by atoms with van der Waals surface area (Å²) in [5.41, 5.74) is -0.420. The SMILES string of the molecule is O=C(OCCc1cccs1)c1cc([N+](=O)[O-])cc(Cl)c1Cl. The Balaban J connectivity index is 2.09. The number of halogens is 2. The molecule has 0 saturated heterocycles. The molecule has 1 aromatic heterocycles. The van der Waals surface area contributed by atoms with E-state index in [1.165, 1.54) is 0 Å². The van der Waals surface area contributed by atoms with Crippen molar-refractivity contribution < 1.29 is 14.5 Å². The first kappa shape index (κ1) is 15.8. The minimum atomic E-state index is -0.734. The van der Waals surface area contributed by atoms with Crippen LogP contribution < -0.4 is 0 Å². The Morgan fingerprint density at radius 1 is 1.38 bits per heavy atom. The lowest BCUT2D eigenvalue weighted by molar-refractivity contribution is -0.384.